The molecule has 1 unspecified atom stereocenters. The number of hydrogen-bond acceptors (Lipinski definition) is 7. The maximum atomic E-state index is 13.5. The molecule has 8 nitrogen and oxygen atoms in total. The summed E-state index contributed by atoms with van der Waals surface area (Å²) in [4.78, 5) is 36.0. The number of nitrogens with one attached hydrogen (secondary N) is 2. The van der Waals surface area contributed by atoms with Crippen LogP contribution in [0.2, 0.25) is 0 Å². The summed E-state index contributed by atoms with van der Waals surface area (Å²) < 4.78 is 32.3. The van der Waals surface area contributed by atoms with Gasteiger partial charge in [0.2, 0.25) is 5.91 Å². The van der Waals surface area contributed by atoms with Crippen molar-refractivity contribution in [2.45, 2.75) is 52.0 Å². The van der Waals surface area contributed by atoms with Crippen molar-refractivity contribution < 1.29 is 23.1 Å². The predicted molar refractivity (Wildman–Crippen MR) is 148 cm³/mol. The Labute approximate surface area is 232 Å². The maximum absolute atomic E-state index is 13.5. The average Bonchev–Trinajstić information content (AvgIpc) is 3.69. The van der Waals surface area contributed by atoms with Crippen molar-refractivity contribution in [1.82, 2.24) is 25.5 Å². The Morgan fingerprint density at radius 3 is 2.54 bits per heavy atom. The van der Waals surface area contributed by atoms with E-state index in [-0.39, 0.29) is 29.2 Å². The molecule has 1 atom stereocenters. The number of thioether (sulfide) groups is 1. The first-order chi connectivity index (χ1) is 18.7. The summed E-state index contributed by atoms with van der Waals surface area (Å²) in [6.07, 6.45) is 1.93. The third-order valence-electron chi connectivity index (χ3n) is 5.81. The molecule has 0 bridgehead atoms. The maximum Gasteiger partial charge on any atom is 0.280 e. The normalized spacial score (nSPS) is 16.0. The molecular weight excluding hydrogens is 524 g/mol. The molecule has 0 radical (unpaired) electrons. The second-order valence-corrected chi connectivity index (χ2v) is 10.0. The van der Waals surface area contributed by atoms with Crippen LogP contribution in [0.1, 0.15) is 61.8 Å². The van der Waals surface area contributed by atoms with Crippen LogP contribution in [0, 0.1) is 17.8 Å². The fourth-order valence-electron chi connectivity index (χ4n) is 3.54. The highest BCUT2D eigenvalue weighted by Crippen LogP contribution is 2.36. The molecule has 0 saturated heterocycles. The molecule has 2 aromatic heterocycles. The van der Waals surface area contributed by atoms with Crippen LogP contribution in [-0.4, -0.2) is 53.4 Å². The number of halogens is 2. The number of carbonyl (C=O) groups excluding carboxylic acids is 2. The average molecular weight is 558 g/mol. The molecule has 0 aromatic carbocycles. The number of rotatable bonds is 7. The standard InChI is InChI=1S/C26H27F2N5O3S.C2H6/c1-14-22(8-7-15-5-6-15)37-26(31-14)32-25(35)19-12-29-16(10-23(34)33(2)3)9-17(19)18-11-20(24(27)28)30-13-21(18)36-4;1-2/h9,11-13,15,24,26,31H,5-6,10H2,1-4H3,(H,32,35);1-2H3. The topological polar surface area (TPSA) is 96.5 Å². The lowest BCUT2D eigenvalue weighted by Crippen LogP contribution is -2.40. The molecule has 0 spiro atoms. The largest absolute Gasteiger partial charge is 0.494 e. The minimum absolute atomic E-state index is 0.0246. The number of ether oxygens (including phenoxy) is 1. The molecule has 1 saturated carbocycles. The Balaban J connectivity index is 0.00000205. The number of carbonyl (C=O) groups is 2. The van der Waals surface area contributed by atoms with E-state index in [0.29, 0.717) is 17.2 Å². The smallest absolute Gasteiger partial charge is 0.280 e. The summed E-state index contributed by atoms with van der Waals surface area (Å²) in [6.45, 7) is 5.90. The third-order valence-corrected chi connectivity index (χ3v) is 6.93. The van der Waals surface area contributed by atoms with Crippen LogP contribution in [0.5, 0.6) is 5.75 Å². The van der Waals surface area contributed by atoms with Crippen molar-refractivity contribution in [3.63, 3.8) is 0 Å². The van der Waals surface area contributed by atoms with Crippen molar-refractivity contribution in [1.29, 1.82) is 0 Å². The SMILES string of the molecule is CC.COc1cnc(C(F)F)cc1-c1cc(CC(=O)N(C)C)ncc1C(=O)NC1NC(C)=C(C#CC2CC2)S1. The zero-order valence-electron chi connectivity index (χ0n) is 22.9. The Bertz CT molecular complexity index is 1320. The third kappa shape index (κ3) is 7.69. The van der Waals surface area contributed by atoms with Gasteiger partial charge in [-0.2, -0.15) is 0 Å². The van der Waals surface area contributed by atoms with E-state index in [1.165, 1.54) is 42.2 Å². The van der Waals surface area contributed by atoms with Crippen molar-refractivity contribution in [2.75, 3.05) is 21.2 Å². The van der Waals surface area contributed by atoms with Gasteiger partial charge < -0.3 is 20.3 Å². The summed E-state index contributed by atoms with van der Waals surface area (Å²) in [5.74, 6) is 6.39. The van der Waals surface area contributed by atoms with E-state index in [0.717, 1.165) is 23.4 Å². The Morgan fingerprint density at radius 1 is 1.21 bits per heavy atom. The Kier molecular flexibility index (Phi) is 10.3. The molecule has 3 heterocycles. The summed E-state index contributed by atoms with van der Waals surface area (Å²) in [5, 5.41) is 6.11. The minimum Gasteiger partial charge on any atom is -0.494 e. The molecule has 1 fully saturated rings. The number of pyridine rings is 2. The fraction of sp³-hybridized carbons (Fsp3) is 0.429. The number of methoxy groups -OCH3 is 1. The molecule has 1 aliphatic heterocycles. The van der Waals surface area contributed by atoms with Crippen LogP contribution in [0.25, 0.3) is 11.1 Å². The van der Waals surface area contributed by atoms with Gasteiger partial charge in [0.1, 0.15) is 11.4 Å². The minimum atomic E-state index is -2.82. The van der Waals surface area contributed by atoms with Gasteiger partial charge in [0, 0.05) is 43.0 Å². The molecule has 39 heavy (non-hydrogen) atoms. The van der Waals surface area contributed by atoms with E-state index in [2.05, 4.69) is 32.4 Å². The van der Waals surface area contributed by atoms with Crippen LogP contribution in [-0.2, 0) is 11.2 Å². The monoisotopic (exact) mass is 557 g/mol. The van der Waals surface area contributed by atoms with Gasteiger partial charge in [-0.3, -0.25) is 19.6 Å². The Hall–Kier alpha value is -3.65. The number of hydrogen-bond donors (Lipinski definition) is 2. The van der Waals surface area contributed by atoms with Gasteiger partial charge in [-0.05, 0) is 31.9 Å². The fourth-order valence-corrected chi connectivity index (χ4v) is 4.53. The first kappa shape index (κ1) is 29.9. The molecule has 11 heteroatoms. The molecule has 2 amide bonds. The molecule has 2 N–H and O–H groups in total. The quantitative estimate of drug-likeness (QED) is 0.475. The molecule has 2 aromatic rings. The first-order valence-corrected chi connectivity index (χ1v) is 13.5. The molecular formula is C28H33F2N5O3S. The lowest BCUT2D eigenvalue weighted by atomic mass is 9.98. The van der Waals surface area contributed by atoms with E-state index in [1.807, 2.05) is 20.8 Å². The van der Waals surface area contributed by atoms with Crippen molar-refractivity contribution in [3.05, 3.63) is 52.1 Å². The zero-order chi connectivity index (χ0) is 28.7. The van der Waals surface area contributed by atoms with Gasteiger partial charge in [0.25, 0.3) is 12.3 Å². The predicted octanol–water partition coefficient (Wildman–Crippen LogP) is 4.74. The number of alkyl halides is 2. The van der Waals surface area contributed by atoms with Crippen LogP contribution in [0.4, 0.5) is 8.78 Å². The summed E-state index contributed by atoms with van der Waals surface area (Å²) in [5.41, 5.74) is 1.02. The van der Waals surface area contributed by atoms with Crippen molar-refractivity contribution >= 4 is 23.6 Å². The van der Waals surface area contributed by atoms with Crippen molar-refractivity contribution in [3.8, 4) is 28.7 Å². The van der Waals surface area contributed by atoms with Gasteiger partial charge in [-0.25, -0.2) is 8.78 Å². The van der Waals surface area contributed by atoms with Crippen LogP contribution >= 0.6 is 11.8 Å². The highest BCUT2D eigenvalue weighted by atomic mass is 32.2. The van der Waals surface area contributed by atoms with Crippen LogP contribution in [0.3, 0.4) is 0 Å². The second-order valence-electron chi connectivity index (χ2n) is 8.91. The summed E-state index contributed by atoms with van der Waals surface area (Å²) in [7, 11) is 4.63. The van der Waals surface area contributed by atoms with E-state index in [4.69, 9.17) is 4.74 Å². The van der Waals surface area contributed by atoms with Gasteiger partial charge >= 0.3 is 0 Å². The first-order valence-electron chi connectivity index (χ1n) is 12.6. The van der Waals surface area contributed by atoms with Gasteiger partial charge in [0.15, 0.2) is 5.50 Å². The van der Waals surface area contributed by atoms with Gasteiger partial charge in [0.05, 0.1) is 35.9 Å². The highest BCUT2D eigenvalue weighted by molar-refractivity contribution is 8.04. The highest BCUT2D eigenvalue weighted by Gasteiger charge is 2.27. The molecule has 2 aliphatic rings. The van der Waals surface area contributed by atoms with Crippen LogP contribution < -0.4 is 15.4 Å². The van der Waals surface area contributed by atoms with E-state index in [1.54, 1.807) is 20.2 Å². The van der Waals surface area contributed by atoms with E-state index < -0.39 is 23.5 Å². The number of allylic oxidation sites excluding steroid dienone is 2. The lowest BCUT2D eigenvalue weighted by Gasteiger charge is -2.18. The number of amides is 2. The number of likely N-dealkylation sites (N-methyl/N-ethyl adjacent to an activating group) is 1. The summed E-state index contributed by atoms with van der Waals surface area (Å²) >= 11 is 1.40. The second kappa shape index (κ2) is 13.4. The van der Waals surface area contributed by atoms with Crippen LogP contribution in [0.15, 0.2) is 35.1 Å². The van der Waals surface area contributed by atoms with Gasteiger partial charge in [-0.15, -0.1) is 0 Å². The zero-order valence-corrected chi connectivity index (χ0v) is 23.7. The lowest BCUT2D eigenvalue weighted by molar-refractivity contribution is -0.128. The Morgan fingerprint density at radius 2 is 1.92 bits per heavy atom. The van der Waals surface area contributed by atoms with Gasteiger partial charge in [-0.1, -0.05) is 37.5 Å². The number of aromatic nitrogens is 2. The van der Waals surface area contributed by atoms with E-state index in [9.17, 15) is 18.4 Å². The van der Waals surface area contributed by atoms with Crippen molar-refractivity contribution in [2.24, 2.45) is 5.92 Å². The molecule has 1 aliphatic carbocycles. The van der Waals surface area contributed by atoms with E-state index >= 15 is 0 Å². The molecule has 4 rings (SSSR count). The molecule has 208 valence electrons. The summed E-state index contributed by atoms with van der Waals surface area (Å²) in [6, 6.07) is 2.74. The number of nitrogens with zero attached hydrogens (tertiary/aromatic N) is 3.